The van der Waals surface area contributed by atoms with Crippen molar-refractivity contribution in [1.82, 2.24) is 4.90 Å². The van der Waals surface area contributed by atoms with E-state index < -0.39 is 5.97 Å². The summed E-state index contributed by atoms with van der Waals surface area (Å²) < 4.78 is 0. The molecule has 7 heteroatoms. The first kappa shape index (κ1) is 15.0. The van der Waals surface area contributed by atoms with Gasteiger partial charge in [0.05, 0.1) is 5.56 Å². The van der Waals surface area contributed by atoms with Crippen molar-refractivity contribution in [1.29, 1.82) is 0 Å². The van der Waals surface area contributed by atoms with Crippen molar-refractivity contribution in [2.45, 2.75) is 12.5 Å². The van der Waals surface area contributed by atoms with Crippen LogP contribution in [0.2, 0.25) is 5.02 Å². The number of carboxylic acids is 1. The molecule has 1 atom stereocenters. The molecule has 1 aromatic rings. The van der Waals surface area contributed by atoms with Crippen molar-refractivity contribution in [3.63, 3.8) is 0 Å². The van der Waals surface area contributed by atoms with Crippen LogP contribution in [0.4, 0.5) is 10.5 Å². The van der Waals surface area contributed by atoms with Gasteiger partial charge >= 0.3 is 12.0 Å². The summed E-state index contributed by atoms with van der Waals surface area (Å²) in [6, 6.07) is 4.23. The molecule has 0 spiro atoms. The number of carbonyl (C=O) groups excluding carboxylic acids is 1. The van der Waals surface area contributed by atoms with Crippen LogP contribution in [-0.2, 0) is 0 Å². The Hall–Kier alpha value is -1.40. The van der Waals surface area contributed by atoms with E-state index in [1.807, 2.05) is 11.8 Å². The van der Waals surface area contributed by atoms with E-state index in [0.29, 0.717) is 5.69 Å². The van der Waals surface area contributed by atoms with Crippen molar-refractivity contribution in [2.24, 2.45) is 0 Å². The number of hydrogen-bond donors (Lipinski definition) is 2. The monoisotopic (exact) mass is 314 g/mol. The van der Waals surface area contributed by atoms with Gasteiger partial charge in [0.1, 0.15) is 0 Å². The Labute approximate surface area is 126 Å². The highest BCUT2D eigenvalue weighted by Crippen LogP contribution is 2.23. The lowest BCUT2D eigenvalue weighted by molar-refractivity contribution is 0.0697. The number of aromatic carboxylic acids is 1. The maximum Gasteiger partial charge on any atom is 0.335 e. The Morgan fingerprint density at radius 1 is 1.45 bits per heavy atom. The van der Waals surface area contributed by atoms with E-state index in [1.165, 1.54) is 18.2 Å². The summed E-state index contributed by atoms with van der Waals surface area (Å²) in [5, 5.41) is 11.9. The number of thioether (sulfide) groups is 1. The maximum atomic E-state index is 12.1. The number of urea groups is 1. The first-order valence-corrected chi connectivity index (χ1v) is 7.66. The van der Waals surface area contributed by atoms with Gasteiger partial charge in [0.25, 0.3) is 0 Å². The molecule has 0 saturated carbocycles. The maximum absolute atomic E-state index is 12.1. The highest BCUT2D eigenvalue weighted by Gasteiger charge is 2.24. The smallest absolute Gasteiger partial charge is 0.335 e. The number of benzene rings is 1. The van der Waals surface area contributed by atoms with E-state index in [4.69, 9.17) is 16.7 Å². The van der Waals surface area contributed by atoms with Gasteiger partial charge < -0.3 is 15.3 Å². The SMILES string of the molecule is CN(C(=O)Nc1cc(Cl)cc(C(=O)O)c1)C1CCSC1. The lowest BCUT2D eigenvalue weighted by Gasteiger charge is -2.24. The van der Waals surface area contributed by atoms with Gasteiger partial charge in [-0.3, -0.25) is 0 Å². The predicted molar refractivity (Wildman–Crippen MR) is 80.9 cm³/mol. The molecule has 1 unspecified atom stereocenters. The second-order valence-electron chi connectivity index (χ2n) is 4.59. The van der Waals surface area contributed by atoms with Crippen LogP contribution in [0, 0.1) is 0 Å². The van der Waals surface area contributed by atoms with Crippen molar-refractivity contribution in [2.75, 3.05) is 23.9 Å². The van der Waals surface area contributed by atoms with Crippen LogP contribution in [0.3, 0.4) is 0 Å². The average molecular weight is 315 g/mol. The Kier molecular flexibility index (Phi) is 4.77. The number of carboxylic acid groups (broad SMARTS) is 1. The van der Waals surface area contributed by atoms with Gasteiger partial charge in [-0.05, 0) is 30.4 Å². The van der Waals surface area contributed by atoms with E-state index in [9.17, 15) is 9.59 Å². The summed E-state index contributed by atoms with van der Waals surface area (Å²) in [6.07, 6.45) is 0.977. The first-order chi connectivity index (χ1) is 9.47. The van der Waals surface area contributed by atoms with Gasteiger partial charge in [-0.25, -0.2) is 9.59 Å². The van der Waals surface area contributed by atoms with E-state index in [0.717, 1.165) is 17.9 Å². The number of anilines is 1. The van der Waals surface area contributed by atoms with Crippen molar-refractivity contribution < 1.29 is 14.7 Å². The number of hydrogen-bond acceptors (Lipinski definition) is 3. The van der Waals surface area contributed by atoms with Crippen LogP contribution in [0.25, 0.3) is 0 Å². The quantitative estimate of drug-likeness (QED) is 0.900. The van der Waals surface area contributed by atoms with Crippen LogP contribution in [0.15, 0.2) is 18.2 Å². The fourth-order valence-electron chi connectivity index (χ4n) is 1.99. The van der Waals surface area contributed by atoms with Crippen molar-refractivity contribution >= 4 is 41.1 Å². The lowest BCUT2D eigenvalue weighted by Crippen LogP contribution is -2.39. The number of halogens is 1. The van der Waals surface area contributed by atoms with Crippen molar-refractivity contribution in [3.05, 3.63) is 28.8 Å². The third kappa shape index (κ3) is 3.58. The normalized spacial score (nSPS) is 17.8. The largest absolute Gasteiger partial charge is 0.478 e. The molecule has 5 nitrogen and oxygen atoms in total. The summed E-state index contributed by atoms with van der Waals surface area (Å²) in [5.41, 5.74) is 0.435. The molecule has 108 valence electrons. The number of amides is 2. The zero-order valence-electron chi connectivity index (χ0n) is 10.9. The zero-order valence-corrected chi connectivity index (χ0v) is 12.5. The minimum absolute atomic E-state index is 0.0480. The third-order valence-electron chi connectivity index (χ3n) is 3.17. The Balaban J connectivity index is 2.08. The van der Waals surface area contributed by atoms with Crippen LogP contribution >= 0.6 is 23.4 Å². The molecular formula is C13H15ClN2O3S. The lowest BCUT2D eigenvalue weighted by atomic mass is 10.2. The highest BCUT2D eigenvalue weighted by molar-refractivity contribution is 7.99. The number of nitrogens with zero attached hydrogens (tertiary/aromatic N) is 1. The summed E-state index contributed by atoms with van der Waals surface area (Å²) in [7, 11) is 1.74. The van der Waals surface area contributed by atoms with E-state index in [-0.39, 0.29) is 22.7 Å². The predicted octanol–water partition coefficient (Wildman–Crippen LogP) is 3.01. The first-order valence-electron chi connectivity index (χ1n) is 6.13. The fourth-order valence-corrected chi connectivity index (χ4v) is 3.49. The summed E-state index contributed by atoms with van der Waals surface area (Å²) in [6.45, 7) is 0. The highest BCUT2D eigenvalue weighted by atomic mass is 35.5. The summed E-state index contributed by atoms with van der Waals surface area (Å²) in [5.74, 6) is 0.908. The second-order valence-corrected chi connectivity index (χ2v) is 6.18. The van der Waals surface area contributed by atoms with Gasteiger partial charge in [0.2, 0.25) is 0 Å². The van der Waals surface area contributed by atoms with Gasteiger partial charge in [-0.15, -0.1) is 0 Å². The molecule has 1 fully saturated rings. The molecule has 2 amide bonds. The molecule has 1 aliphatic heterocycles. The molecule has 0 aromatic heterocycles. The Morgan fingerprint density at radius 2 is 2.20 bits per heavy atom. The summed E-state index contributed by atoms with van der Waals surface area (Å²) >= 11 is 7.68. The van der Waals surface area contributed by atoms with E-state index in [1.54, 1.807) is 11.9 Å². The standard InChI is InChI=1S/C13H15ClN2O3S/c1-16(11-2-3-20-7-11)13(19)15-10-5-8(12(17)18)4-9(14)6-10/h4-6,11H,2-3,7H2,1H3,(H,15,19)(H,17,18). The minimum Gasteiger partial charge on any atom is -0.478 e. The molecule has 0 aliphatic carbocycles. The van der Waals surface area contributed by atoms with E-state index in [2.05, 4.69) is 5.32 Å². The Bertz CT molecular complexity index is 532. The molecule has 0 bridgehead atoms. The average Bonchev–Trinajstić information content (AvgIpc) is 2.90. The molecule has 1 aliphatic rings. The van der Waals surface area contributed by atoms with Crippen LogP contribution in [0.1, 0.15) is 16.8 Å². The minimum atomic E-state index is -1.08. The number of rotatable bonds is 3. The van der Waals surface area contributed by atoms with Crippen LogP contribution in [-0.4, -0.2) is 46.6 Å². The third-order valence-corrected chi connectivity index (χ3v) is 4.53. The molecule has 0 radical (unpaired) electrons. The second kappa shape index (κ2) is 6.37. The number of carbonyl (C=O) groups is 2. The Morgan fingerprint density at radius 3 is 2.80 bits per heavy atom. The number of nitrogens with one attached hydrogen (secondary N) is 1. The molecule has 2 rings (SSSR count). The molecule has 1 saturated heterocycles. The molecule has 1 heterocycles. The zero-order chi connectivity index (χ0) is 14.7. The van der Waals surface area contributed by atoms with Gasteiger partial charge in [0.15, 0.2) is 0 Å². The van der Waals surface area contributed by atoms with Crippen LogP contribution in [0.5, 0.6) is 0 Å². The van der Waals surface area contributed by atoms with Gasteiger partial charge in [-0.2, -0.15) is 11.8 Å². The molecule has 1 aromatic carbocycles. The van der Waals surface area contributed by atoms with Gasteiger partial charge in [0, 0.05) is 29.6 Å². The molecule has 2 N–H and O–H groups in total. The van der Waals surface area contributed by atoms with Crippen molar-refractivity contribution in [3.8, 4) is 0 Å². The molecular weight excluding hydrogens is 300 g/mol. The van der Waals surface area contributed by atoms with Gasteiger partial charge in [-0.1, -0.05) is 11.6 Å². The molecule has 20 heavy (non-hydrogen) atoms. The fraction of sp³-hybridized carbons (Fsp3) is 0.385. The topological polar surface area (TPSA) is 69.6 Å². The summed E-state index contributed by atoms with van der Waals surface area (Å²) in [4.78, 5) is 24.7. The van der Waals surface area contributed by atoms with E-state index >= 15 is 0 Å². The van der Waals surface area contributed by atoms with Crippen LogP contribution < -0.4 is 5.32 Å².